The molecule has 2 amide bonds. The lowest BCUT2D eigenvalue weighted by Crippen LogP contribution is -2.35. The van der Waals surface area contributed by atoms with Crippen molar-refractivity contribution in [2.75, 3.05) is 26.2 Å². The molecule has 0 bridgehead atoms. The largest absolute Gasteiger partial charge is 0.340 e. The van der Waals surface area contributed by atoms with Crippen LogP contribution in [0.25, 0.3) is 6.08 Å². The summed E-state index contributed by atoms with van der Waals surface area (Å²) < 4.78 is 0. The topological polar surface area (TPSA) is 57.7 Å². The third-order valence-corrected chi connectivity index (χ3v) is 4.52. The quantitative estimate of drug-likeness (QED) is 0.592. The SMILES string of the molecule is O=CCCN1CCN(C(=O)C=Cc2ccc(Cl)c(Cl)c2)CCC1=O. The molecule has 24 heavy (non-hydrogen) atoms. The van der Waals surface area contributed by atoms with Crippen molar-refractivity contribution in [3.8, 4) is 0 Å². The van der Waals surface area contributed by atoms with E-state index in [-0.39, 0.29) is 18.2 Å². The van der Waals surface area contributed by atoms with Crippen LogP contribution in [-0.2, 0) is 14.4 Å². The van der Waals surface area contributed by atoms with Crippen molar-refractivity contribution < 1.29 is 14.4 Å². The van der Waals surface area contributed by atoms with Crippen LogP contribution in [0.4, 0.5) is 0 Å². The van der Waals surface area contributed by atoms with E-state index in [4.69, 9.17) is 23.2 Å². The van der Waals surface area contributed by atoms with E-state index in [1.165, 1.54) is 6.08 Å². The fourth-order valence-electron chi connectivity index (χ4n) is 2.42. The fourth-order valence-corrected chi connectivity index (χ4v) is 2.73. The highest BCUT2D eigenvalue weighted by atomic mass is 35.5. The minimum atomic E-state index is -0.161. The number of amides is 2. The molecular weight excluding hydrogens is 351 g/mol. The average molecular weight is 369 g/mol. The van der Waals surface area contributed by atoms with Gasteiger partial charge in [0.2, 0.25) is 11.8 Å². The van der Waals surface area contributed by atoms with Crippen molar-refractivity contribution in [1.82, 2.24) is 9.80 Å². The average Bonchev–Trinajstić information content (AvgIpc) is 2.75. The van der Waals surface area contributed by atoms with E-state index >= 15 is 0 Å². The number of nitrogens with zero attached hydrogens (tertiary/aromatic N) is 2. The Labute approximate surface area is 150 Å². The summed E-state index contributed by atoms with van der Waals surface area (Å²) >= 11 is 11.8. The molecule has 1 heterocycles. The van der Waals surface area contributed by atoms with Gasteiger partial charge in [0.25, 0.3) is 0 Å². The minimum absolute atomic E-state index is 0.0272. The van der Waals surface area contributed by atoms with Gasteiger partial charge in [-0.3, -0.25) is 9.59 Å². The first kappa shape index (κ1) is 18.5. The lowest BCUT2D eigenvalue weighted by molar-refractivity contribution is -0.130. The third kappa shape index (κ3) is 5.08. The minimum Gasteiger partial charge on any atom is -0.340 e. The Morgan fingerprint density at radius 3 is 2.67 bits per heavy atom. The zero-order chi connectivity index (χ0) is 17.5. The summed E-state index contributed by atoms with van der Waals surface area (Å²) in [6.07, 6.45) is 4.51. The van der Waals surface area contributed by atoms with Crippen molar-refractivity contribution in [2.45, 2.75) is 12.8 Å². The molecule has 0 aromatic heterocycles. The highest BCUT2D eigenvalue weighted by Gasteiger charge is 2.22. The predicted molar refractivity (Wildman–Crippen MR) is 94.0 cm³/mol. The monoisotopic (exact) mass is 368 g/mol. The Kier molecular flexibility index (Phi) is 6.82. The molecule has 0 atom stereocenters. The van der Waals surface area contributed by atoms with Crippen molar-refractivity contribution in [1.29, 1.82) is 0 Å². The van der Waals surface area contributed by atoms with Crippen LogP contribution < -0.4 is 0 Å². The molecule has 0 radical (unpaired) electrons. The summed E-state index contributed by atoms with van der Waals surface area (Å²) in [6, 6.07) is 5.12. The second-order valence-corrected chi connectivity index (χ2v) is 6.23. The first-order valence-electron chi connectivity index (χ1n) is 7.64. The van der Waals surface area contributed by atoms with Crippen LogP contribution in [0.15, 0.2) is 24.3 Å². The second-order valence-electron chi connectivity index (χ2n) is 5.42. The maximum atomic E-state index is 12.3. The molecule has 5 nitrogen and oxygen atoms in total. The second kappa shape index (κ2) is 8.85. The maximum absolute atomic E-state index is 12.3. The van der Waals surface area contributed by atoms with Crippen molar-refractivity contribution >= 4 is 47.4 Å². The zero-order valence-corrected chi connectivity index (χ0v) is 14.6. The molecule has 128 valence electrons. The summed E-state index contributed by atoms with van der Waals surface area (Å²) in [5.41, 5.74) is 0.774. The van der Waals surface area contributed by atoms with Gasteiger partial charge in [-0.05, 0) is 23.8 Å². The van der Waals surface area contributed by atoms with Gasteiger partial charge in [0, 0.05) is 45.1 Å². The first-order valence-corrected chi connectivity index (χ1v) is 8.40. The van der Waals surface area contributed by atoms with Crippen LogP contribution in [0.3, 0.4) is 0 Å². The molecule has 7 heteroatoms. The smallest absolute Gasteiger partial charge is 0.246 e. The molecule has 1 fully saturated rings. The van der Waals surface area contributed by atoms with Gasteiger partial charge in [0.05, 0.1) is 10.0 Å². The number of hydrogen-bond donors (Lipinski definition) is 0. The molecule has 1 aromatic rings. The molecule has 0 saturated carbocycles. The maximum Gasteiger partial charge on any atom is 0.246 e. The molecular formula is C17H18Cl2N2O3. The fraction of sp³-hybridized carbons (Fsp3) is 0.353. The Hall–Kier alpha value is -1.85. The van der Waals surface area contributed by atoms with Crippen molar-refractivity contribution in [3.05, 3.63) is 39.9 Å². The first-order chi connectivity index (χ1) is 11.5. The van der Waals surface area contributed by atoms with E-state index in [9.17, 15) is 14.4 Å². The summed E-state index contributed by atoms with van der Waals surface area (Å²) in [4.78, 5) is 38.0. The molecule has 1 aliphatic heterocycles. The number of halogens is 2. The molecule has 1 aliphatic rings. The molecule has 1 aromatic carbocycles. The van der Waals surface area contributed by atoms with Crippen LogP contribution in [0.5, 0.6) is 0 Å². The summed E-state index contributed by atoms with van der Waals surface area (Å²) in [5, 5.41) is 0.888. The molecule has 0 spiro atoms. The molecule has 0 aliphatic carbocycles. The van der Waals surface area contributed by atoms with E-state index in [1.807, 2.05) is 0 Å². The van der Waals surface area contributed by atoms with Gasteiger partial charge in [-0.15, -0.1) is 0 Å². The van der Waals surface area contributed by atoms with E-state index in [2.05, 4.69) is 0 Å². The summed E-state index contributed by atoms with van der Waals surface area (Å²) in [5.74, 6) is -0.188. The Morgan fingerprint density at radius 1 is 1.17 bits per heavy atom. The van der Waals surface area contributed by atoms with Gasteiger partial charge in [-0.25, -0.2) is 0 Å². The number of rotatable bonds is 5. The lowest BCUT2D eigenvalue weighted by atomic mass is 10.2. The number of carbonyl (C=O) groups is 3. The van der Waals surface area contributed by atoms with E-state index in [0.717, 1.165) is 11.8 Å². The third-order valence-electron chi connectivity index (χ3n) is 3.78. The highest BCUT2D eigenvalue weighted by molar-refractivity contribution is 6.42. The van der Waals surface area contributed by atoms with Crippen LogP contribution >= 0.6 is 23.2 Å². The number of benzene rings is 1. The van der Waals surface area contributed by atoms with Gasteiger partial charge in [-0.1, -0.05) is 29.3 Å². The summed E-state index contributed by atoms with van der Waals surface area (Å²) in [7, 11) is 0. The van der Waals surface area contributed by atoms with Crippen molar-refractivity contribution in [3.63, 3.8) is 0 Å². The van der Waals surface area contributed by atoms with Crippen molar-refractivity contribution in [2.24, 2.45) is 0 Å². The van der Waals surface area contributed by atoms with Gasteiger partial charge in [0.1, 0.15) is 6.29 Å². The van der Waals surface area contributed by atoms with Gasteiger partial charge < -0.3 is 14.6 Å². The molecule has 2 rings (SSSR count). The standard InChI is InChI=1S/C17H18Cl2N2O3/c18-14-4-2-13(12-15(14)19)3-5-16(23)21-8-6-17(24)20(9-10-21)7-1-11-22/h2-5,11-12H,1,6-10H2. The molecule has 0 unspecified atom stereocenters. The number of hydrogen-bond acceptors (Lipinski definition) is 3. The molecule has 1 saturated heterocycles. The van der Waals surface area contributed by atoms with Crippen LogP contribution in [0.2, 0.25) is 10.0 Å². The lowest BCUT2D eigenvalue weighted by Gasteiger charge is -2.20. The Bertz CT molecular complexity index is 661. The van der Waals surface area contributed by atoms with E-state index in [0.29, 0.717) is 42.6 Å². The Balaban J connectivity index is 1.96. The van der Waals surface area contributed by atoms with Crippen LogP contribution in [0.1, 0.15) is 18.4 Å². The van der Waals surface area contributed by atoms with Gasteiger partial charge >= 0.3 is 0 Å². The predicted octanol–water partition coefficient (Wildman–Crippen LogP) is 2.66. The summed E-state index contributed by atoms with van der Waals surface area (Å²) in [6.45, 7) is 1.68. The normalized spacial score (nSPS) is 15.7. The highest BCUT2D eigenvalue weighted by Crippen LogP contribution is 2.23. The van der Waals surface area contributed by atoms with Crippen LogP contribution in [0, 0.1) is 0 Å². The zero-order valence-electron chi connectivity index (χ0n) is 13.1. The van der Waals surface area contributed by atoms with Gasteiger partial charge in [0.15, 0.2) is 0 Å². The molecule has 0 N–H and O–H groups in total. The van der Waals surface area contributed by atoms with E-state index < -0.39 is 0 Å². The van der Waals surface area contributed by atoms with Crippen LogP contribution in [-0.4, -0.2) is 54.1 Å². The van der Waals surface area contributed by atoms with E-state index in [1.54, 1.807) is 34.1 Å². The Morgan fingerprint density at radius 2 is 1.96 bits per heavy atom. The van der Waals surface area contributed by atoms with Gasteiger partial charge in [-0.2, -0.15) is 0 Å². The number of aldehydes is 1. The number of carbonyl (C=O) groups excluding carboxylic acids is 3.